The lowest BCUT2D eigenvalue weighted by Gasteiger charge is -2.32. The number of hydrogen-bond donors (Lipinski definition) is 1. The molecule has 1 aromatic heterocycles. The standard InChI is InChI=1S/C15H27N5O/c1-18(2)15(21)12-20-8-5-14(6-9-20)16-7-4-13-10-17-19(3)11-13/h10-11,14,16H,4-9,12H2,1-3H3. The number of amides is 1. The van der Waals surface area contributed by atoms with Crippen LogP contribution < -0.4 is 5.32 Å². The van der Waals surface area contributed by atoms with Gasteiger partial charge in [0.15, 0.2) is 0 Å². The molecule has 0 spiro atoms. The third kappa shape index (κ3) is 5.13. The third-order valence-corrected chi connectivity index (χ3v) is 4.05. The van der Waals surface area contributed by atoms with Gasteiger partial charge in [-0.2, -0.15) is 5.10 Å². The largest absolute Gasteiger partial charge is 0.348 e. The summed E-state index contributed by atoms with van der Waals surface area (Å²) in [6, 6.07) is 0.576. The average Bonchev–Trinajstić information content (AvgIpc) is 2.86. The van der Waals surface area contributed by atoms with Crippen LogP contribution in [0.2, 0.25) is 0 Å². The van der Waals surface area contributed by atoms with Crippen molar-refractivity contribution in [2.75, 3.05) is 40.3 Å². The van der Waals surface area contributed by atoms with Crippen molar-refractivity contribution in [1.82, 2.24) is 24.9 Å². The number of aryl methyl sites for hydroxylation is 1. The second-order valence-corrected chi connectivity index (χ2v) is 6.06. The Morgan fingerprint density at radius 3 is 2.71 bits per heavy atom. The summed E-state index contributed by atoms with van der Waals surface area (Å²) in [6.45, 7) is 3.55. The van der Waals surface area contributed by atoms with E-state index in [9.17, 15) is 4.79 Å². The minimum Gasteiger partial charge on any atom is -0.348 e. The molecule has 0 radical (unpaired) electrons. The summed E-state index contributed by atoms with van der Waals surface area (Å²) in [5, 5.41) is 7.80. The van der Waals surface area contributed by atoms with Gasteiger partial charge >= 0.3 is 0 Å². The fourth-order valence-electron chi connectivity index (χ4n) is 2.65. The summed E-state index contributed by atoms with van der Waals surface area (Å²) in [7, 11) is 5.58. The maximum Gasteiger partial charge on any atom is 0.236 e. The monoisotopic (exact) mass is 293 g/mol. The number of nitrogens with zero attached hydrogens (tertiary/aromatic N) is 4. The van der Waals surface area contributed by atoms with Gasteiger partial charge in [0, 0.05) is 46.5 Å². The van der Waals surface area contributed by atoms with Crippen LogP contribution in [0.5, 0.6) is 0 Å². The highest BCUT2D eigenvalue weighted by atomic mass is 16.2. The molecule has 1 N–H and O–H groups in total. The van der Waals surface area contributed by atoms with E-state index in [1.165, 1.54) is 5.56 Å². The summed E-state index contributed by atoms with van der Waals surface area (Å²) < 4.78 is 1.84. The number of rotatable bonds is 6. The van der Waals surface area contributed by atoms with E-state index in [4.69, 9.17) is 0 Å². The number of hydrogen-bond acceptors (Lipinski definition) is 4. The fraction of sp³-hybridized carbons (Fsp3) is 0.733. The Morgan fingerprint density at radius 1 is 1.43 bits per heavy atom. The van der Waals surface area contributed by atoms with Crippen LogP contribution in [0.1, 0.15) is 18.4 Å². The summed E-state index contributed by atoms with van der Waals surface area (Å²) >= 11 is 0. The maximum atomic E-state index is 11.7. The summed E-state index contributed by atoms with van der Waals surface area (Å²) in [5.41, 5.74) is 1.28. The van der Waals surface area contributed by atoms with Crippen LogP contribution in [0.15, 0.2) is 12.4 Å². The van der Waals surface area contributed by atoms with Crippen LogP contribution in [0, 0.1) is 0 Å². The molecule has 6 nitrogen and oxygen atoms in total. The van der Waals surface area contributed by atoms with Crippen molar-refractivity contribution in [3.05, 3.63) is 18.0 Å². The van der Waals surface area contributed by atoms with E-state index < -0.39 is 0 Å². The van der Waals surface area contributed by atoms with Crippen LogP contribution >= 0.6 is 0 Å². The lowest BCUT2D eigenvalue weighted by Crippen LogP contribution is -2.46. The summed E-state index contributed by atoms with van der Waals surface area (Å²) in [4.78, 5) is 15.6. The first-order chi connectivity index (χ1) is 10.0. The Balaban J connectivity index is 1.62. The number of piperidine rings is 1. The van der Waals surface area contributed by atoms with Gasteiger partial charge in [-0.05, 0) is 31.4 Å². The predicted octanol–water partition coefficient (Wildman–Crippen LogP) is 0.105. The van der Waals surface area contributed by atoms with Crippen LogP contribution in [0.25, 0.3) is 0 Å². The smallest absolute Gasteiger partial charge is 0.236 e. The molecule has 1 aliphatic heterocycles. The molecular weight excluding hydrogens is 266 g/mol. The van der Waals surface area contributed by atoms with Gasteiger partial charge < -0.3 is 10.2 Å². The number of carbonyl (C=O) groups excluding carboxylic acids is 1. The highest BCUT2D eigenvalue weighted by molar-refractivity contribution is 5.77. The molecule has 0 bridgehead atoms. The molecule has 6 heteroatoms. The quantitative estimate of drug-likeness (QED) is 0.808. The van der Waals surface area contributed by atoms with Crippen LogP contribution in [0.3, 0.4) is 0 Å². The van der Waals surface area contributed by atoms with E-state index in [1.54, 1.807) is 4.90 Å². The van der Waals surface area contributed by atoms with Crippen molar-refractivity contribution in [2.24, 2.45) is 7.05 Å². The number of aromatic nitrogens is 2. The van der Waals surface area contributed by atoms with Crippen molar-refractivity contribution in [3.8, 4) is 0 Å². The molecule has 0 aromatic carbocycles. The van der Waals surface area contributed by atoms with Crippen molar-refractivity contribution in [3.63, 3.8) is 0 Å². The molecule has 2 heterocycles. The number of likely N-dealkylation sites (N-methyl/N-ethyl adjacent to an activating group) is 1. The van der Waals surface area contributed by atoms with Crippen molar-refractivity contribution >= 4 is 5.91 Å². The molecule has 1 saturated heterocycles. The molecule has 0 saturated carbocycles. The Hall–Kier alpha value is -1.40. The molecule has 118 valence electrons. The van der Waals surface area contributed by atoms with E-state index in [2.05, 4.69) is 21.5 Å². The molecule has 21 heavy (non-hydrogen) atoms. The van der Waals surface area contributed by atoms with E-state index in [0.29, 0.717) is 12.6 Å². The second-order valence-electron chi connectivity index (χ2n) is 6.06. The van der Waals surface area contributed by atoms with Crippen LogP contribution in [-0.4, -0.2) is 71.8 Å². The second kappa shape index (κ2) is 7.56. The molecule has 0 aliphatic carbocycles. The Bertz CT molecular complexity index is 449. The maximum absolute atomic E-state index is 11.7. The SMILES string of the molecule is CN(C)C(=O)CN1CCC(NCCc2cnn(C)c2)CC1. The van der Waals surface area contributed by atoms with E-state index in [-0.39, 0.29) is 5.91 Å². The minimum atomic E-state index is 0.193. The molecule has 1 aliphatic rings. The minimum absolute atomic E-state index is 0.193. The molecule has 2 rings (SSSR count). The van der Waals surface area contributed by atoms with Gasteiger partial charge in [-0.15, -0.1) is 0 Å². The Labute approximate surface area is 127 Å². The normalized spacial score (nSPS) is 17.1. The van der Waals surface area contributed by atoms with Gasteiger partial charge in [0.25, 0.3) is 0 Å². The third-order valence-electron chi connectivity index (χ3n) is 4.05. The summed E-state index contributed by atoms with van der Waals surface area (Å²) in [6.07, 6.45) is 7.25. The molecular formula is C15H27N5O. The Morgan fingerprint density at radius 2 is 2.14 bits per heavy atom. The molecule has 0 atom stereocenters. The average molecular weight is 293 g/mol. The van der Waals surface area contributed by atoms with Gasteiger partial charge in [-0.3, -0.25) is 14.4 Å². The van der Waals surface area contributed by atoms with E-state index >= 15 is 0 Å². The van der Waals surface area contributed by atoms with Gasteiger partial charge in [-0.25, -0.2) is 0 Å². The number of nitrogens with one attached hydrogen (secondary N) is 1. The van der Waals surface area contributed by atoms with Crippen LogP contribution in [0.4, 0.5) is 0 Å². The molecule has 1 fully saturated rings. The number of likely N-dealkylation sites (tertiary alicyclic amines) is 1. The van der Waals surface area contributed by atoms with Crippen molar-refractivity contribution < 1.29 is 4.79 Å². The van der Waals surface area contributed by atoms with Gasteiger partial charge in [0.2, 0.25) is 5.91 Å². The van der Waals surface area contributed by atoms with Gasteiger partial charge in [0.05, 0.1) is 12.7 Å². The highest BCUT2D eigenvalue weighted by Crippen LogP contribution is 2.10. The fourth-order valence-corrected chi connectivity index (χ4v) is 2.65. The molecule has 1 aromatic rings. The zero-order valence-corrected chi connectivity index (χ0v) is 13.4. The first-order valence-corrected chi connectivity index (χ1v) is 7.68. The molecule has 0 unspecified atom stereocenters. The topological polar surface area (TPSA) is 53.4 Å². The summed E-state index contributed by atoms with van der Waals surface area (Å²) in [5.74, 6) is 0.193. The lowest BCUT2D eigenvalue weighted by atomic mass is 10.0. The lowest BCUT2D eigenvalue weighted by molar-refractivity contribution is -0.130. The van der Waals surface area contributed by atoms with Gasteiger partial charge in [0.1, 0.15) is 0 Å². The predicted molar refractivity (Wildman–Crippen MR) is 83.1 cm³/mol. The first-order valence-electron chi connectivity index (χ1n) is 7.68. The highest BCUT2D eigenvalue weighted by Gasteiger charge is 2.20. The zero-order valence-electron chi connectivity index (χ0n) is 13.4. The van der Waals surface area contributed by atoms with Gasteiger partial charge in [-0.1, -0.05) is 0 Å². The first kappa shape index (κ1) is 16.0. The van der Waals surface area contributed by atoms with E-state index in [0.717, 1.165) is 38.9 Å². The van der Waals surface area contributed by atoms with E-state index in [1.807, 2.05) is 32.0 Å². The van der Waals surface area contributed by atoms with Crippen molar-refractivity contribution in [2.45, 2.75) is 25.3 Å². The molecule has 1 amide bonds. The van der Waals surface area contributed by atoms with Crippen LogP contribution in [-0.2, 0) is 18.3 Å². The zero-order chi connectivity index (χ0) is 15.2. The van der Waals surface area contributed by atoms with Crippen molar-refractivity contribution in [1.29, 1.82) is 0 Å². The Kier molecular flexibility index (Phi) is 5.76. The number of carbonyl (C=O) groups is 1.